The summed E-state index contributed by atoms with van der Waals surface area (Å²) in [5.41, 5.74) is 9.41. The van der Waals surface area contributed by atoms with E-state index in [1.807, 2.05) is 20.8 Å². The summed E-state index contributed by atoms with van der Waals surface area (Å²) in [6.45, 7) is 6.38. The number of hydrogen-bond acceptors (Lipinski definition) is 5. The van der Waals surface area contributed by atoms with Crippen LogP contribution in [0.1, 0.15) is 36.0 Å². The molecule has 3 rings (SSSR count). The van der Waals surface area contributed by atoms with Crippen LogP contribution in [0.5, 0.6) is 0 Å². The van der Waals surface area contributed by atoms with Gasteiger partial charge < -0.3 is 5.73 Å². The molecule has 7 heteroatoms. The molecule has 0 aliphatic rings. The Kier molecular flexibility index (Phi) is 5.11. The normalized spacial score (nSPS) is 12.0. The van der Waals surface area contributed by atoms with Crippen LogP contribution in [0.25, 0.3) is 5.65 Å². The van der Waals surface area contributed by atoms with E-state index in [2.05, 4.69) is 10.1 Å². The number of aromatic nitrogens is 3. The molecule has 2 N–H and O–H groups in total. The molecule has 0 fully saturated rings. The van der Waals surface area contributed by atoms with Crippen LogP contribution in [0.15, 0.2) is 40.1 Å². The molecule has 0 bridgehead atoms. The van der Waals surface area contributed by atoms with E-state index in [0.29, 0.717) is 24.3 Å². The van der Waals surface area contributed by atoms with E-state index in [1.54, 1.807) is 34.8 Å². The fourth-order valence-electron chi connectivity index (χ4n) is 3.25. The summed E-state index contributed by atoms with van der Waals surface area (Å²) in [4.78, 5) is 5.10. The fraction of sp³-hybridized carbons (Fsp3) is 0.368. The quantitative estimate of drug-likeness (QED) is 0.718. The molecule has 0 atom stereocenters. The number of nitrogens with zero attached hydrogens (tertiary/aromatic N) is 3. The molecule has 0 saturated carbocycles. The lowest BCUT2D eigenvalue weighted by atomic mass is 10.1. The standard InChI is InChI=1S/C19H24N4O2S/c1-4-17-18(26(24,25)15-9-6-5-7-10-15)19-21-13(2)16(11-8-12-20)14(3)23(19)22-17/h5-7,9-10H,4,8,11-12,20H2,1-3H3. The van der Waals surface area contributed by atoms with E-state index >= 15 is 0 Å². The van der Waals surface area contributed by atoms with E-state index in [1.165, 1.54) is 0 Å². The summed E-state index contributed by atoms with van der Waals surface area (Å²) >= 11 is 0. The molecule has 0 unspecified atom stereocenters. The Morgan fingerprint density at radius 2 is 1.85 bits per heavy atom. The van der Waals surface area contributed by atoms with Crippen LogP contribution in [-0.2, 0) is 22.7 Å². The second-order valence-corrected chi connectivity index (χ2v) is 8.22. The van der Waals surface area contributed by atoms with E-state index < -0.39 is 9.84 Å². The third-order valence-corrected chi connectivity index (χ3v) is 6.49. The highest BCUT2D eigenvalue weighted by molar-refractivity contribution is 7.91. The molecule has 0 spiro atoms. The third-order valence-electron chi connectivity index (χ3n) is 4.64. The molecule has 0 amide bonds. The van der Waals surface area contributed by atoms with Crippen LogP contribution in [0.4, 0.5) is 0 Å². The highest BCUT2D eigenvalue weighted by atomic mass is 32.2. The first kappa shape index (κ1) is 18.5. The predicted octanol–water partition coefficient (Wildman–Crippen LogP) is 2.63. The minimum absolute atomic E-state index is 0.211. The van der Waals surface area contributed by atoms with Crippen LogP contribution >= 0.6 is 0 Å². The van der Waals surface area contributed by atoms with Gasteiger partial charge in [0.15, 0.2) is 5.65 Å². The van der Waals surface area contributed by atoms with Crippen LogP contribution in [0, 0.1) is 13.8 Å². The maximum Gasteiger partial charge on any atom is 0.212 e. The second kappa shape index (κ2) is 7.17. The number of sulfone groups is 1. The highest BCUT2D eigenvalue weighted by Gasteiger charge is 2.29. The number of aryl methyl sites for hydroxylation is 3. The lowest BCUT2D eigenvalue weighted by Crippen LogP contribution is -2.09. The molecular weight excluding hydrogens is 348 g/mol. The van der Waals surface area contributed by atoms with Gasteiger partial charge in [-0.15, -0.1) is 0 Å². The maximum absolute atomic E-state index is 13.3. The summed E-state index contributed by atoms with van der Waals surface area (Å²) in [7, 11) is -3.69. The van der Waals surface area contributed by atoms with Crippen LogP contribution in [0.2, 0.25) is 0 Å². The van der Waals surface area contributed by atoms with E-state index in [4.69, 9.17) is 5.73 Å². The van der Waals surface area contributed by atoms with E-state index in [0.717, 1.165) is 29.8 Å². The van der Waals surface area contributed by atoms with Crippen molar-refractivity contribution in [3.8, 4) is 0 Å². The molecule has 6 nitrogen and oxygen atoms in total. The Morgan fingerprint density at radius 3 is 2.46 bits per heavy atom. The summed E-state index contributed by atoms with van der Waals surface area (Å²) in [6, 6.07) is 8.45. The third kappa shape index (κ3) is 3.01. The first-order valence-corrected chi connectivity index (χ1v) is 10.3. The van der Waals surface area contributed by atoms with Crippen molar-refractivity contribution in [3.63, 3.8) is 0 Å². The van der Waals surface area contributed by atoms with Crippen molar-refractivity contribution in [2.45, 2.75) is 49.8 Å². The average molecular weight is 372 g/mol. The molecule has 1 aromatic carbocycles. The van der Waals surface area contributed by atoms with Gasteiger partial charge in [0.05, 0.1) is 10.6 Å². The minimum Gasteiger partial charge on any atom is -0.330 e. The van der Waals surface area contributed by atoms with Crippen molar-refractivity contribution in [2.75, 3.05) is 6.54 Å². The summed E-state index contributed by atoms with van der Waals surface area (Å²) in [5.74, 6) is 0. The number of fused-ring (bicyclic) bond motifs is 1. The molecule has 0 aliphatic carbocycles. The van der Waals surface area contributed by atoms with E-state index in [-0.39, 0.29) is 9.79 Å². The molecule has 0 aliphatic heterocycles. The molecule has 0 saturated heterocycles. The van der Waals surface area contributed by atoms with Crippen molar-refractivity contribution >= 4 is 15.5 Å². The van der Waals surface area contributed by atoms with Gasteiger partial charge in [0.25, 0.3) is 0 Å². The molecule has 138 valence electrons. The number of rotatable bonds is 6. The Labute approximate surface area is 154 Å². The minimum atomic E-state index is -3.69. The van der Waals surface area contributed by atoms with Crippen LogP contribution in [0.3, 0.4) is 0 Å². The number of hydrogen-bond donors (Lipinski definition) is 1. The summed E-state index contributed by atoms with van der Waals surface area (Å²) < 4.78 is 28.2. The van der Waals surface area contributed by atoms with Gasteiger partial charge in [0, 0.05) is 11.4 Å². The number of nitrogens with two attached hydrogens (primary N) is 1. The molecule has 2 aromatic heterocycles. The number of benzene rings is 1. The SMILES string of the molecule is CCc1nn2c(C)c(CCCN)c(C)nc2c1S(=O)(=O)c1ccccc1. The van der Waals surface area contributed by atoms with Gasteiger partial charge in [-0.1, -0.05) is 25.1 Å². The summed E-state index contributed by atoms with van der Waals surface area (Å²) in [5, 5.41) is 4.58. The molecular formula is C19H24N4O2S. The van der Waals surface area contributed by atoms with Gasteiger partial charge in [0.2, 0.25) is 9.84 Å². The second-order valence-electron chi connectivity index (χ2n) is 6.33. The van der Waals surface area contributed by atoms with Crippen molar-refractivity contribution < 1.29 is 8.42 Å². The Morgan fingerprint density at radius 1 is 1.15 bits per heavy atom. The molecule has 2 heterocycles. The van der Waals surface area contributed by atoms with Crippen LogP contribution in [-0.4, -0.2) is 29.6 Å². The highest BCUT2D eigenvalue weighted by Crippen LogP contribution is 2.29. The maximum atomic E-state index is 13.3. The first-order valence-electron chi connectivity index (χ1n) is 8.79. The van der Waals surface area contributed by atoms with Crippen molar-refractivity contribution in [3.05, 3.63) is 53.0 Å². The Bertz CT molecular complexity index is 1040. The topological polar surface area (TPSA) is 90.3 Å². The molecule has 3 aromatic rings. The zero-order valence-corrected chi connectivity index (χ0v) is 16.2. The van der Waals surface area contributed by atoms with Crippen molar-refractivity contribution in [2.24, 2.45) is 5.73 Å². The predicted molar refractivity (Wildman–Crippen MR) is 101 cm³/mol. The van der Waals surface area contributed by atoms with Crippen LogP contribution < -0.4 is 5.73 Å². The smallest absolute Gasteiger partial charge is 0.212 e. The Balaban J connectivity index is 2.30. The van der Waals surface area contributed by atoms with E-state index in [9.17, 15) is 8.42 Å². The molecule has 0 radical (unpaired) electrons. The zero-order chi connectivity index (χ0) is 18.9. The lowest BCUT2D eigenvalue weighted by Gasteiger charge is -2.11. The monoisotopic (exact) mass is 372 g/mol. The van der Waals surface area contributed by atoms with Gasteiger partial charge in [0.1, 0.15) is 4.90 Å². The average Bonchev–Trinajstić information content (AvgIpc) is 3.01. The van der Waals surface area contributed by atoms with Gasteiger partial charge in [-0.2, -0.15) is 5.10 Å². The van der Waals surface area contributed by atoms with Gasteiger partial charge in [-0.3, -0.25) is 0 Å². The van der Waals surface area contributed by atoms with Gasteiger partial charge in [-0.25, -0.2) is 17.9 Å². The Hall–Kier alpha value is -2.25. The van der Waals surface area contributed by atoms with Crippen molar-refractivity contribution in [1.29, 1.82) is 0 Å². The van der Waals surface area contributed by atoms with Gasteiger partial charge >= 0.3 is 0 Å². The van der Waals surface area contributed by atoms with Gasteiger partial charge in [-0.05, 0) is 57.4 Å². The lowest BCUT2D eigenvalue weighted by molar-refractivity contribution is 0.595. The fourth-order valence-corrected chi connectivity index (χ4v) is 4.87. The largest absolute Gasteiger partial charge is 0.330 e. The van der Waals surface area contributed by atoms with Crippen molar-refractivity contribution in [1.82, 2.24) is 14.6 Å². The zero-order valence-electron chi connectivity index (χ0n) is 15.4. The summed E-state index contributed by atoms with van der Waals surface area (Å²) in [6.07, 6.45) is 2.17. The first-order chi connectivity index (χ1) is 12.4. The molecule has 26 heavy (non-hydrogen) atoms.